The molecule has 0 heterocycles. The van der Waals surface area contributed by atoms with Gasteiger partial charge in [0.2, 0.25) is 5.91 Å². The molecule has 1 aromatic carbocycles. The lowest BCUT2D eigenvalue weighted by Crippen LogP contribution is -2.53. The number of hydrogen-bond donors (Lipinski definition) is 2. The minimum atomic E-state index is -0.294. The summed E-state index contributed by atoms with van der Waals surface area (Å²) in [6, 6.07) is 6.41. The minimum Gasteiger partial charge on any atom is -0.493 e. The standard InChI is InChI=1S/C18H25FN2O2/c19-14-4-6-16(7-5-14)23-9-8-17(22)21-18-12-2-1-3-13(18)11-15(20)10-12/h4-7,12-13,15,18H,1-3,8-11,20H2,(H,21,22). The zero-order valence-corrected chi connectivity index (χ0v) is 13.3. The number of rotatable bonds is 5. The summed E-state index contributed by atoms with van der Waals surface area (Å²) in [4.78, 5) is 12.2. The number of carbonyl (C=O) groups excluding carboxylic acids is 1. The Morgan fingerprint density at radius 1 is 1.22 bits per heavy atom. The van der Waals surface area contributed by atoms with E-state index in [1.807, 2.05) is 0 Å². The van der Waals surface area contributed by atoms with E-state index in [1.54, 1.807) is 12.1 Å². The van der Waals surface area contributed by atoms with Gasteiger partial charge in [0.05, 0.1) is 13.0 Å². The summed E-state index contributed by atoms with van der Waals surface area (Å²) >= 11 is 0. The van der Waals surface area contributed by atoms with Crippen molar-refractivity contribution in [3.05, 3.63) is 30.1 Å². The van der Waals surface area contributed by atoms with Crippen molar-refractivity contribution in [2.24, 2.45) is 17.6 Å². The van der Waals surface area contributed by atoms with Crippen molar-refractivity contribution in [2.45, 2.75) is 50.6 Å². The van der Waals surface area contributed by atoms with Crippen LogP contribution in [-0.2, 0) is 4.79 Å². The first-order valence-corrected chi connectivity index (χ1v) is 8.55. The molecule has 2 atom stereocenters. The van der Waals surface area contributed by atoms with E-state index in [-0.39, 0.29) is 17.8 Å². The maximum Gasteiger partial charge on any atom is 0.223 e. The minimum absolute atomic E-state index is 0.0319. The summed E-state index contributed by atoms with van der Waals surface area (Å²) < 4.78 is 18.3. The van der Waals surface area contributed by atoms with Crippen molar-refractivity contribution in [3.63, 3.8) is 0 Å². The zero-order chi connectivity index (χ0) is 16.2. The fourth-order valence-electron chi connectivity index (χ4n) is 4.08. The highest BCUT2D eigenvalue weighted by Crippen LogP contribution is 2.39. The number of fused-ring (bicyclic) bond motifs is 2. The van der Waals surface area contributed by atoms with E-state index in [1.165, 1.54) is 31.4 Å². The van der Waals surface area contributed by atoms with Gasteiger partial charge in [0, 0.05) is 12.1 Å². The second-order valence-corrected chi connectivity index (χ2v) is 6.83. The van der Waals surface area contributed by atoms with E-state index in [2.05, 4.69) is 5.32 Å². The fraction of sp³-hybridized carbons (Fsp3) is 0.611. The Balaban J connectivity index is 1.45. The number of nitrogens with two attached hydrogens (primary N) is 1. The van der Waals surface area contributed by atoms with Crippen LogP contribution in [0.1, 0.15) is 38.5 Å². The maximum absolute atomic E-state index is 12.8. The topological polar surface area (TPSA) is 64.3 Å². The van der Waals surface area contributed by atoms with Crippen LogP contribution >= 0.6 is 0 Å². The molecular formula is C18H25FN2O2. The molecule has 0 spiro atoms. The molecule has 23 heavy (non-hydrogen) atoms. The lowest BCUT2D eigenvalue weighted by Gasteiger charge is -2.45. The average Bonchev–Trinajstić information content (AvgIpc) is 2.50. The third-order valence-corrected chi connectivity index (χ3v) is 5.12. The molecule has 1 amide bonds. The molecule has 0 saturated heterocycles. The van der Waals surface area contributed by atoms with Gasteiger partial charge in [-0.25, -0.2) is 4.39 Å². The van der Waals surface area contributed by atoms with E-state index in [9.17, 15) is 9.18 Å². The molecule has 2 fully saturated rings. The molecule has 2 saturated carbocycles. The smallest absolute Gasteiger partial charge is 0.223 e. The van der Waals surface area contributed by atoms with Gasteiger partial charge >= 0.3 is 0 Å². The molecule has 0 aliphatic heterocycles. The monoisotopic (exact) mass is 320 g/mol. The summed E-state index contributed by atoms with van der Waals surface area (Å²) in [7, 11) is 0. The fourth-order valence-corrected chi connectivity index (χ4v) is 4.08. The normalized spacial score (nSPS) is 29.8. The van der Waals surface area contributed by atoms with Gasteiger partial charge in [0.15, 0.2) is 0 Å². The van der Waals surface area contributed by atoms with Crippen molar-refractivity contribution < 1.29 is 13.9 Å². The number of carbonyl (C=O) groups is 1. The van der Waals surface area contributed by atoms with Crippen LogP contribution in [0.3, 0.4) is 0 Å². The molecule has 0 aromatic heterocycles. The van der Waals surface area contributed by atoms with Crippen molar-refractivity contribution in [1.29, 1.82) is 0 Å². The van der Waals surface area contributed by atoms with Gasteiger partial charge in [-0.05, 0) is 61.8 Å². The van der Waals surface area contributed by atoms with E-state index in [0.29, 0.717) is 36.7 Å². The highest BCUT2D eigenvalue weighted by molar-refractivity contribution is 5.76. The van der Waals surface area contributed by atoms with Crippen LogP contribution in [0.4, 0.5) is 4.39 Å². The summed E-state index contributed by atoms with van der Waals surface area (Å²) in [5.41, 5.74) is 6.11. The van der Waals surface area contributed by atoms with E-state index in [4.69, 9.17) is 10.5 Å². The summed E-state index contributed by atoms with van der Waals surface area (Å²) in [5.74, 6) is 1.38. The Morgan fingerprint density at radius 2 is 1.87 bits per heavy atom. The predicted molar refractivity (Wildman–Crippen MR) is 86.5 cm³/mol. The third-order valence-electron chi connectivity index (χ3n) is 5.12. The lowest BCUT2D eigenvalue weighted by molar-refractivity contribution is -0.123. The van der Waals surface area contributed by atoms with Crippen molar-refractivity contribution in [3.8, 4) is 5.75 Å². The number of benzene rings is 1. The Morgan fingerprint density at radius 3 is 2.52 bits per heavy atom. The SMILES string of the molecule is NC1CC2CCCC(C1)C2NC(=O)CCOc1ccc(F)cc1. The van der Waals surface area contributed by atoms with Gasteiger partial charge in [-0.15, -0.1) is 0 Å². The van der Waals surface area contributed by atoms with Crippen LogP contribution in [0.5, 0.6) is 5.75 Å². The molecule has 3 rings (SSSR count). The Hall–Kier alpha value is -1.62. The van der Waals surface area contributed by atoms with E-state index in [0.717, 1.165) is 12.8 Å². The molecule has 2 unspecified atom stereocenters. The van der Waals surface area contributed by atoms with Crippen LogP contribution in [-0.4, -0.2) is 24.6 Å². The quantitative estimate of drug-likeness (QED) is 0.876. The van der Waals surface area contributed by atoms with Crippen molar-refractivity contribution in [2.75, 3.05) is 6.61 Å². The van der Waals surface area contributed by atoms with Crippen LogP contribution < -0.4 is 15.8 Å². The van der Waals surface area contributed by atoms with Gasteiger partial charge in [-0.3, -0.25) is 4.79 Å². The first kappa shape index (κ1) is 16.2. The van der Waals surface area contributed by atoms with Crippen LogP contribution in [0.2, 0.25) is 0 Å². The number of halogens is 1. The van der Waals surface area contributed by atoms with Gasteiger partial charge in [-0.1, -0.05) is 6.42 Å². The zero-order valence-electron chi connectivity index (χ0n) is 13.3. The van der Waals surface area contributed by atoms with Crippen LogP contribution in [0.25, 0.3) is 0 Å². The molecule has 2 aliphatic rings. The molecule has 126 valence electrons. The third kappa shape index (κ3) is 4.22. The highest BCUT2D eigenvalue weighted by atomic mass is 19.1. The molecule has 0 radical (unpaired) electrons. The average molecular weight is 320 g/mol. The molecule has 5 heteroatoms. The Labute approximate surface area is 136 Å². The number of amides is 1. The van der Waals surface area contributed by atoms with Gasteiger partial charge in [0.25, 0.3) is 0 Å². The molecular weight excluding hydrogens is 295 g/mol. The highest BCUT2D eigenvalue weighted by Gasteiger charge is 2.39. The van der Waals surface area contributed by atoms with E-state index >= 15 is 0 Å². The van der Waals surface area contributed by atoms with E-state index < -0.39 is 0 Å². The number of nitrogens with one attached hydrogen (secondary N) is 1. The first-order valence-electron chi connectivity index (χ1n) is 8.55. The first-order chi connectivity index (χ1) is 11.1. The second kappa shape index (κ2) is 7.30. The predicted octanol–water partition coefficient (Wildman–Crippen LogP) is 2.62. The molecule has 1 aromatic rings. The number of ether oxygens (including phenoxy) is 1. The molecule has 2 aliphatic carbocycles. The molecule has 4 nitrogen and oxygen atoms in total. The lowest BCUT2D eigenvalue weighted by atomic mass is 9.67. The van der Waals surface area contributed by atoms with Gasteiger partial charge in [-0.2, -0.15) is 0 Å². The molecule has 3 N–H and O–H groups in total. The summed E-state index contributed by atoms with van der Waals surface area (Å²) in [5, 5.41) is 3.20. The number of hydrogen-bond acceptors (Lipinski definition) is 3. The largest absolute Gasteiger partial charge is 0.493 e. The molecule has 2 bridgehead atoms. The second-order valence-electron chi connectivity index (χ2n) is 6.83. The Kier molecular flexibility index (Phi) is 5.16. The van der Waals surface area contributed by atoms with Crippen molar-refractivity contribution >= 4 is 5.91 Å². The summed E-state index contributed by atoms with van der Waals surface area (Å²) in [6.45, 7) is 0.305. The van der Waals surface area contributed by atoms with Gasteiger partial charge in [0.1, 0.15) is 11.6 Å². The van der Waals surface area contributed by atoms with Crippen LogP contribution in [0, 0.1) is 17.7 Å². The summed E-state index contributed by atoms with van der Waals surface area (Å²) in [6.07, 6.45) is 5.95. The van der Waals surface area contributed by atoms with Crippen LogP contribution in [0.15, 0.2) is 24.3 Å². The maximum atomic E-state index is 12.8. The Bertz CT molecular complexity index is 520. The van der Waals surface area contributed by atoms with Gasteiger partial charge < -0.3 is 15.8 Å². The van der Waals surface area contributed by atoms with Crippen molar-refractivity contribution in [1.82, 2.24) is 5.32 Å².